The lowest BCUT2D eigenvalue weighted by Gasteiger charge is -2.28. The second-order valence-corrected chi connectivity index (χ2v) is 4.14. The molecule has 0 spiro atoms. The van der Waals surface area contributed by atoms with E-state index in [1.165, 1.54) is 0 Å². The molecule has 0 bridgehead atoms. The first-order valence-electron chi connectivity index (χ1n) is 4.61. The SMILES string of the molecule is C[C@@](CBr)(OC=O)C(=O)N1CCCC1. The topological polar surface area (TPSA) is 46.6 Å². The maximum absolute atomic E-state index is 11.9. The lowest BCUT2D eigenvalue weighted by atomic mass is 10.1. The Labute approximate surface area is 91.7 Å². The molecule has 0 aromatic heterocycles. The standard InChI is InChI=1S/C9H14BrNO3/c1-9(6-10,14-7-12)8(13)11-4-2-3-5-11/h7H,2-6H2,1H3/t9-/m0/s1. The fraction of sp³-hybridized carbons (Fsp3) is 0.778. The first-order chi connectivity index (χ1) is 6.64. The number of amides is 1. The number of hydrogen-bond acceptors (Lipinski definition) is 3. The van der Waals surface area contributed by atoms with Gasteiger partial charge in [0.15, 0.2) is 5.60 Å². The van der Waals surface area contributed by atoms with Crippen molar-refractivity contribution < 1.29 is 14.3 Å². The van der Waals surface area contributed by atoms with Crippen molar-refractivity contribution in [1.82, 2.24) is 4.90 Å². The van der Waals surface area contributed by atoms with Gasteiger partial charge in [-0.3, -0.25) is 9.59 Å². The number of rotatable bonds is 4. The van der Waals surface area contributed by atoms with Crippen molar-refractivity contribution in [2.75, 3.05) is 18.4 Å². The summed E-state index contributed by atoms with van der Waals surface area (Å²) < 4.78 is 4.83. The number of halogens is 1. The van der Waals surface area contributed by atoms with Crippen LogP contribution in [0.25, 0.3) is 0 Å². The quantitative estimate of drug-likeness (QED) is 0.560. The van der Waals surface area contributed by atoms with E-state index >= 15 is 0 Å². The zero-order valence-electron chi connectivity index (χ0n) is 8.16. The molecule has 1 heterocycles. The maximum Gasteiger partial charge on any atom is 0.294 e. The summed E-state index contributed by atoms with van der Waals surface area (Å²) in [7, 11) is 0. The van der Waals surface area contributed by atoms with Gasteiger partial charge in [-0.1, -0.05) is 15.9 Å². The monoisotopic (exact) mass is 263 g/mol. The van der Waals surface area contributed by atoms with Crippen LogP contribution in [-0.2, 0) is 14.3 Å². The Kier molecular flexibility index (Phi) is 3.92. The van der Waals surface area contributed by atoms with E-state index in [0.717, 1.165) is 25.9 Å². The second-order valence-electron chi connectivity index (χ2n) is 3.58. The highest BCUT2D eigenvalue weighted by Gasteiger charge is 2.38. The lowest BCUT2D eigenvalue weighted by Crippen LogP contribution is -2.49. The van der Waals surface area contributed by atoms with Crippen LogP contribution in [0.15, 0.2) is 0 Å². The van der Waals surface area contributed by atoms with Crippen molar-refractivity contribution in [1.29, 1.82) is 0 Å². The summed E-state index contributed by atoms with van der Waals surface area (Å²) in [6.45, 7) is 3.49. The average Bonchev–Trinajstić information content (AvgIpc) is 2.69. The van der Waals surface area contributed by atoms with Crippen LogP contribution in [0.1, 0.15) is 19.8 Å². The van der Waals surface area contributed by atoms with Gasteiger partial charge in [0, 0.05) is 13.1 Å². The van der Waals surface area contributed by atoms with E-state index in [1.807, 2.05) is 0 Å². The highest BCUT2D eigenvalue weighted by atomic mass is 79.9. The molecule has 1 rings (SSSR count). The molecule has 0 aliphatic carbocycles. The molecule has 0 radical (unpaired) electrons. The molecule has 1 atom stereocenters. The third-order valence-electron chi connectivity index (χ3n) is 2.41. The van der Waals surface area contributed by atoms with E-state index in [1.54, 1.807) is 11.8 Å². The molecule has 0 aromatic carbocycles. The van der Waals surface area contributed by atoms with Gasteiger partial charge >= 0.3 is 0 Å². The molecule has 4 nitrogen and oxygen atoms in total. The zero-order valence-corrected chi connectivity index (χ0v) is 9.75. The number of hydrogen-bond donors (Lipinski definition) is 0. The van der Waals surface area contributed by atoms with E-state index in [-0.39, 0.29) is 5.91 Å². The molecule has 1 fully saturated rings. The van der Waals surface area contributed by atoms with Gasteiger partial charge in [-0.15, -0.1) is 0 Å². The Morgan fingerprint density at radius 3 is 2.57 bits per heavy atom. The second kappa shape index (κ2) is 4.77. The van der Waals surface area contributed by atoms with Crippen LogP contribution in [0, 0.1) is 0 Å². The molecule has 0 N–H and O–H groups in total. The minimum absolute atomic E-state index is 0.112. The predicted molar refractivity (Wildman–Crippen MR) is 55.2 cm³/mol. The summed E-state index contributed by atoms with van der Waals surface area (Å²) in [6, 6.07) is 0. The Morgan fingerprint density at radius 1 is 1.57 bits per heavy atom. The van der Waals surface area contributed by atoms with E-state index in [0.29, 0.717) is 11.8 Å². The van der Waals surface area contributed by atoms with E-state index < -0.39 is 5.60 Å². The number of carbonyl (C=O) groups is 2. The Bertz CT molecular complexity index is 228. The predicted octanol–water partition coefficient (Wildman–Crippen LogP) is 0.935. The molecule has 1 aliphatic heterocycles. The van der Waals surface area contributed by atoms with Gasteiger partial charge < -0.3 is 9.64 Å². The highest BCUT2D eigenvalue weighted by Crippen LogP contribution is 2.19. The molecule has 5 heteroatoms. The summed E-state index contributed by atoms with van der Waals surface area (Å²) in [5, 5.41) is 0.327. The van der Waals surface area contributed by atoms with Crippen LogP contribution in [0.2, 0.25) is 0 Å². The van der Waals surface area contributed by atoms with Crippen molar-refractivity contribution in [3.63, 3.8) is 0 Å². The van der Waals surface area contributed by atoms with Gasteiger partial charge in [0.2, 0.25) is 0 Å². The third-order valence-corrected chi connectivity index (χ3v) is 3.48. The van der Waals surface area contributed by atoms with Crippen molar-refractivity contribution in [3.8, 4) is 0 Å². The molecule has 80 valence electrons. The molecule has 1 aliphatic rings. The minimum Gasteiger partial charge on any atom is -0.451 e. The summed E-state index contributed by atoms with van der Waals surface area (Å²) in [5.74, 6) is -0.112. The van der Waals surface area contributed by atoms with Crippen LogP contribution in [0.4, 0.5) is 0 Å². The fourth-order valence-corrected chi connectivity index (χ4v) is 1.87. The third kappa shape index (κ3) is 2.26. The lowest BCUT2D eigenvalue weighted by molar-refractivity contribution is -0.159. The Hall–Kier alpha value is -0.580. The van der Waals surface area contributed by atoms with Crippen molar-refractivity contribution in [2.24, 2.45) is 0 Å². The van der Waals surface area contributed by atoms with Crippen LogP contribution in [-0.4, -0.2) is 41.3 Å². The highest BCUT2D eigenvalue weighted by molar-refractivity contribution is 9.09. The van der Waals surface area contributed by atoms with Crippen LogP contribution in [0.3, 0.4) is 0 Å². The first-order valence-corrected chi connectivity index (χ1v) is 5.73. The number of nitrogens with zero attached hydrogens (tertiary/aromatic N) is 1. The Balaban J connectivity index is 2.67. The smallest absolute Gasteiger partial charge is 0.294 e. The average molecular weight is 264 g/mol. The molecule has 0 aromatic rings. The Morgan fingerprint density at radius 2 is 2.14 bits per heavy atom. The minimum atomic E-state index is -1.05. The summed E-state index contributed by atoms with van der Waals surface area (Å²) in [6.07, 6.45) is 2.07. The van der Waals surface area contributed by atoms with Gasteiger partial charge in [0.25, 0.3) is 12.4 Å². The van der Waals surface area contributed by atoms with Gasteiger partial charge in [0.1, 0.15) is 0 Å². The summed E-state index contributed by atoms with van der Waals surface area (Å²) in [4.78, 5) is 23.9. The van der Waals surface area contributed by atoms with Crippen molar-refractivity contribution >= 4 is 28.3 Å². The number of alkyl halides is 1. The fourth-order valence-electron chi connectivity index (χ4n) is 1.50. The van der Waals surface area contributed by atoms with Crippen molar-refractivity contribution in [3.05, 3.63) is 0 Å². The van der Waals surface area contributed by atoms with Crippen LogP contribution < -0.4 is 0 Å². The summed E-state index contributed by atoms with van der Waals surface area (Å²) in [5.41, 5.74) is -1.05. The largest absolute Gasteiger partial charge is 0.451 e. The van der Waals surface area contributed by atoms with Crippen LogP contribution in [0.5, 0.6) is 0 Å². The number of ether oxygens (including phenoxy) is 1. The molecule has 1 amide bonds. The molecule has 14 heavy (non-hydrogen) atoms. The molecular formula is C9H14BrNO3. The van der Waals surface area contributed by atoms with Gasteiger partial charge in [0.05, 0.1) is 5.33 Å². The van der Waals surface area contributed by atoms with E-state index in [9.17, 15) is 9.59 Å². The molecule has 1 saturated heterocycles. The molecular weight excluding hydrogens is 250 g/mol. The first kappa shape index (κ1) is 11.5. The molecule has 0 unspecified atom stereocenters. The van der Waals surface area contributed by atoms with E-state index in [4.69, 9.17) is 4.74 Å². The van der Waals surface area contributed by atoms with Crippen LogP contribution >= 0.6 is 15.9 Å². The summed E-state index contributed by atoms with van der Waals surface area (Å²) >= 11 is 3.19. The van der Waals surface area contributed by atoms with Gasteiger partial charge in [-0.05, 0) is 19.8 Å². The van der Waals surface area contributed by atoms with Gasteiger partial charge in [-0.2, -0.15) is 0 Å². The maximum atomic E-state index is 11.9. The van der Waals surface area contributed by atoms with Crippen molar-refractivity contribution in [2.45, 2.75) is 25.4 Å². The van der Waals surface area contributed by atoms with Gasteiger partial charge in [-0.25, -0.2) is 0 Å². The number of likely N-dealkylation sites (tertiary alicyclic amines) is 1. The normalized spacial score (nSPS) is 20.3. The molecule has 0 saturated carbocycles. The van der Waals surface area contributed by atoms with E-state index in [2.05, 4.69) is 15.9 Å². The zero-order chi connectivity index (χ0) is 10.6. The number of carbonyl (C=O) groups excluding carboxylic acids is 2.